The summed E-state index contributed by atoms with van der Waals surface area (Å²) in [5, 5.41) is 3.18. The van der Waals surface area contributed by atoms with Crippen molar-refractivity contribution in [2.45, 2.75) is 18.4 Å². The van der Waals surface area contributed by atoms with Gasteiger partial charge in [0.1, 0.15) is 5.60 Å². The molecule has 1 atom stereocenters. The zero-order chi connectivity index (χ0) is 9.60. The minimum atomic E-state index is -0.189. The standard InChI is InChI=1S/C10H16N2O2/c13-9-5-11-6-10(14-9)7-12-3-1-8(10)2-4-12/h8,11H,1-7H2/t10-/m0/s1. The molecule has 4 aliphatic heterocycles. The second-order valence-electron chi connectivity index (χ2n) is 4.69. The van der Waals surface area contributed by atoms with Gasteiger partial charge in [-0.2, -0.15) is 0 Å². The number of esters is 1. The predicted molar refractivity (Wildman–Crippen MR) is 50.9 cm³/mol. The molecule has 4 aliphatic rings. The molecule has 0 saturated carbocycles. The van der Waals surface area contributed by atoms with E-state index in [0.717, 1.165) is 13.1 Å². The molecule has 4 heterocycles. The van der Waals surface area contributed by atoms with Crippen molar-refractivity contribution in [2.75, 3.05) is 32.7 Å². The summed E-state index contributed by atoms with van der Waals surface area (Å²) in [5.74, 6) is 0.509. The van der Waals surface area contributed by atoms with E-state index in [1.165, 1.54) is 25.9 Å². The third kappa shape index (κ3) is 1.17. The highest BCUT2D eigenvalue weighted by Crippen LogP contribution is 2.38. The molecular weight excluding hydrogens is 180 g/mol. The molecule has 0 aromatic carbocycles. The van der Waals surface area contributed by atoms with Crippen LogP contribution in [0.1, 0.15) is 12.8 Å². The summed E-state index contributed by atoms with van der Waals surface area (Å²) in [5.41, 5.74) is -0.189. The minimum absolute atomic E-state index is 0.0787. The van der Waals surface area contributed by atoms with Crippen LogP contribution in [0.3, 0.4) is 0 Å². The highest BCUT2D eigenvalue weighted by molar-refractivity contribution is 5.73. The second-order valence-corrected chi connectivity index (χ2v) is 4.69. The first-order valence-corrected chi connectivity index (χ1v) is 5.43. The zero-order valence-corrected chi connectivity index (χ0v) is 8.29. The monoisotopic (exact) mass is 196 g/mol. The average molecular weight is 196 g/mol. The van der Waals surface area contributed by atoms with Gasteiger partial charge in [-0.1, -0.05) is 0 Å². The molecule has 0 aromatic rings. The Balaban J connectivity index is 1.84. The van der Waals surface area contributed by atoms with Crippen LogP contribution in [0, 0.1) is 5.92 Å². The number of fused-ring (bicyclic) bond motifs is 2. The lowest BCUT2D eigenvalue weighted by molar-refractivity contribution is -0.189. The topological polar surface area (TPSA) is 41.6 Å². The fraction of sp³-hybridized carbons (Fsp3) is 0.900. The normalized spacial score (nSPS) is 46.7. The number of piperidine rings is 3. The number of carbonyl (C=O) groups is 1. The van der Waals surface area contributed by atoms with Crippen molar-refractivity contribution in [1.82, 2.24) is 10.2 Å². The first-order chi connectivity index (χ1) is 6.78. The number of nitrogens with one attached hydrogen (secondary N) is 1. The number of hydrogen-bond donors (Lipinski definition) is 1. The van der Waals surface area contributed by atoms with Crippen LogP contribution >= 0.6 is 0 Å². The van der Waals surface area contributed by atoms with Gasteiger partial charge in [0.05, 0.1) is 6.54 Å². The number of carbonyl (C=O) groups excluding carboxylic acids is 1. The van der Waals surface area contributed by atoms with E-state index in [-0.39, 0.29) is 11.6 Å². The van der Waals surface area contributed by atoms with Crippen molar-refractivity contribution in [1.29, 1.82) is 0 Å². The van der Waals surface area contributed by atoms with E-state index in [9.17, 15) is 4.79 Å². The van der Waals surface area contributed by atoms with Gasteiger partial charge < -0.3 is 10.1 Å². The Labute approximate surface area is 83.6 Å². The molecule has 4 saturated heterocycles. The van der Waals surface area contributed by atoms with Crippen molar-refractivity contribution in [3.63, 3.8) is 0 Å². The Morgan fingerprint density at radius 1 is 1.43 bits per heavy atom. The van der Waals surface area contributed by atoms with Gasteiger partial charge in [0.25, 0.3) is 0 Å². The van der Waals surface area contributed by atoms with E-state index in [0.29, 0.717) is 12.5 Å². The van der Waals surface area contributed by atoms with Crippen LogP contribution in [-0.4, -0.2) is 49.2 Å². The maximum Gasteiger partial charge on any atom is 0.320 e. The summed E-state index contributed by atoms with van der Waals surface area (Å²) in [6.07, 6.45) is 2.38. The molecule has 4 fully saturated rings. The lowest BCUT2D eigenvalue weighted by atomic mass is 9.74. The van der Waals surface area contributed by atoms with Crippen LogP contribution in [0.25, 0.3) is 0 Å². The van der Waals surface area contributed by atoms with Crippen molar-refractivity contribution in [3.8, 4) is 0 Å². The SMILES string of the molecule is O=C1CNC[C@@]2(CN3CCC2CC3)O1. The zero-order valence-electron chi connectivity index (χ0n) is 8.29. The first kappa shape index (κ1) is 8.68. The number of hydrogen-bond acceptors (Lipinski definition) is 4. The van der Waals surface area contributed by atoms with E-state index >= 15 is 0 Å². The number of ether oxygens (including phenoxy) is 1. The molecule has 0 radical (unpaired) electrons. The van der Waals surface area contributed by atoms with Gasteiger partial charge in [-0.3, -0.25) is 9.69 Å². The number of nitrogens with zero attached hydrogens (tertiary/aromatic N) is 1. The van der Waals surface area contributed by atoms with Crippen molar-refractivity contribution >= 4 is 5.97 Å². The molecule has 0 aromatic heterocycles. The van der Waals surface area contributed by atoms with Crippen LogP contribution in [0.15, 0.2) is 0 Å². The molecule has 0 unspecified atom stereocenters. The lowest BCUT2D eigenvalue weighted by Crippen LogP contribution is -2.67. The maximum absolute atomic E-state index is 11.3. The third-order valence-corrected chi connectivity index (χ3v) is 3.83. The van der Waals surface area contributed by atoms with Crippen LogP contribution in [0.2, 0.25) is 0 Å². The quantitative estimate of drug-likeness (QED) is 0.535. The molecule has 1 spiro atoms. The highest BCUT2D eigenvalue weighted by atomic mass is 16.6. The van der Waals surface area contributed by atoms with E-state index in [2.05, 4.69) is 10.2 Å². The van der Waals surface area contributed by atoms with Crippen LogP contribution in [0.5, 0.6) is 0 Å². The summed E-state index contributed by atoms with van der Waals surface area (Å²) in [4.78, 5) is 13.7. The number of morpholine rings is 1. The van der Waals surface area contributed by atoms with Gasteiger partial charge in [-0.25, -0.2) is 0 Å². The highest BCUT2D eigenvalue weighted by Gasteiger charge is 2.50. The van der Waals surface area contributed by atoms with Crippen molar-refractivity contribution in [3.05, 3.63) is 0 Å². The van der Waals surface area contributed by atoms with E-state index in [4.69, 9.17) is 4.74 Å². The first-order valence-electron chi connectivity index (χ1n) is 5.43. The minimum Gasteiger partial charge on any atom is -0.455 e. The second kappa shape index (κ2) is 2.94. The molecule has 4 heteroatoms. The predicted octanol–water partition coefficient (Wildman–Crippen LogP) is -0.403. The molecule has 4 rings (SSSR count). The van der Waals surface area contributed by atoms with Gasteiger partial charge >= 0.3 is 5.97 Å². The molecule has 4 nitrogen and oxygen atoms in total. The number of rotatable bonds is 0. The maximum atomic E-state index is 11.3. The molecule has 1 N–H and O–H groups in total. The molecular formula is C10H16N2O2. The van der Waals surface area contributed by atoms with Crippen molar-refractivity contribution in [2.24, 2.45) is 5.92 Å². The van der Waals surface area contributed by atoms with E-state index < -0.39 is 0 Å². The third-order valence-electron chi connectivity index (χ3n) is 3.83. The summed E-state index contributed by atoms with van der Waals surface area (Å²) in [6, 6.07) is 0. The molecule has 0 aliphatic carbocycles. The van der Waals surface area contributed by atoms with Gasteiger partial charge in [0.15, 0.2) is 0 Å². The Hall–Kier alpha value is -0.610. The molecule has 2 bridgehead atoms. The van der Waals surface area contributed by atoms with E-state index in [1.807, 2.05) is 0 Å². The Morgan fingerprint density at radius 3 is 2.79 bits per heavy atom. The van der Waals surface area contributed by atoms with Gasteiger partial charge in [0.2, 0.25) is 0 Å². The Bertz CT molecular complexity index is 261. The van der Waals surface area contributed by atoms with Crippen molar-refractivity contribution < 1.29 is 9.53 Å². The smallest absolute Gasteiger partial charge is 0.320 e. The molecule has 0 amide bonds. The largest absolute Gasteiger partial charge is 0.455 e. The van der Waals surface area contributed by atoms with Gasteiger partial charge in [0, 0.05) is 19.0 Å². The Kier molecular flexibility index (Phi) is 1.82. The summed E-state index contributed by atoms with van der Waals surface area (Å²) >= 11 is 0. The fourth-order valence-electron chi connectivity index (χ4n) is 3.12. The van der Waals surface area contributed by atoms with Gasteiger partial charge in [-0.15, -0.1) is 0 Å². The van der Waals surface area contributed by atoms with E-state index in [1.54, 1.807) is 0 Å². The lowest BCUT2D eigenvalue weighted by Gasteiger charge is -2.53. The van der Waals surface area contributed by atoms with Gasteiger partial charge in [-0.05, 0) is 25.9 Å². The fourth-order valence-corrected chi connectivity index (χ4v) is 3.12. The van der Waals surface area contributed by atoms with Crippen LogP contribution < -0.4 is 5.32 Å². The summed E-state index contributed by atoms with van der Waals surface area (Å²) in [6.45, 7) is 4.54. The van der Waals surface area contributed by atoms with Crippen LogP contribution in [-0.2, 0) is 9.53 Å². The molecule has 78 valence electrons. The average Bonchev–Trinajstić information content (AvgIpc) is 2.18. The Morgan fingerprint density at radius 2 is 2.21 bits per heavy atom. The summed E-state index contributed by atoms with van der Waals surface area (Å²) in [7, 11) is 0. The molecule has 14 heavy (non-hydrogen) atoms. The summed E-state index contributed by atoms with van der Waals surface area (Å²) < 4.78 is 5.61. The van der Waals surface area contributed by atoms with Crippen LogP contribution in [0.4, 0.5) is 0 Å².